The number of phenolic OH excluding ortho intramolecular Hbond substituents is 1. The molecule has 0 aromatic heterocycles. The summed E-state index contributed by atoms with van der Waals surface area (Å²) in [5.41, 5.74) is 0.358. The number of phenols is 1. The van der Waals surface area contributed by atoms with E-state index in [0.29, 0.717) is 0 Å². The Kier molecular flexibility index (Phi) is 7.03. The second-order valence-electron chi connectivity index (χ2n) is 10.9. The Morgan fingerprint density at radius 2 is 1.70 bits per heavy atom. The van der Waals surface area contributed by atoms with Gasteiger partial charge in [0, 0.05) is 11.5 Å². The van der Waals surface area contributed by atoms with E-state index in [4.69, 9.17) is 10.5 Å². The average molecular weight is 598 g/mol. The van der Waals surface area contributed by atoms with Gasteiger partial charge >= 0.3 is 6.09 Å². The largest absolute Gasteiger partial charge is 0.508 e. The lowest BCUT2D eigenvalue weighted by Crippen LogP contribution is -2.70. The number of Topliss-reactive ketones (excluding diaryl/α,β-unsaturated/α-hetero) is 2. The highest BCUT2D eigenvalue weighted by Gasteiger charge is 2.68. The highest BCUT2D eigenvalue weighted by Crippen LogP contribution is 2.56. The van der Waals surface area contributed by atoms with Crippen LogP contribution in [0.3, 0.4) is 0 Å². The summed E-state index contributed by atoms with van der Waals surface area (Å²) in [6.07, 6.45) is -2.81. The fraction of sp³-hybridized carbons (Fsp3) is 0.310. The van der Waals surface area contributed by atoms with Crippen LogP contribution in [0.25, 0.3) is 5.76 Å². The first kappa shape index (κ1) is 29.7. The zero-order chi connectivity index (χ0) is 31.7. The number of aromatic hydroxyl groups is 1. The lowest BCUT2D eigenvalue weighted by Gasteiger charge is -2.53. The Hall–Kier alpha value is -4.79. The third-order valence-electron chi connectivity index (χ3n) is 8.39. The molecule has 0 saturated heterocycles. The Labute approximate surface area is 243 Å². The second kappa shape index (κ2) is 10.2. The predicted octanol–water partition coefficient (Wildman–Crippen LogP) is 1.25. The summed E-state index contributed by atoms with van der Waals surface area (Å²) in [5, 5.41) is 59.1. The maximum Gasteiger partial charge on any atom is 0.417 e. The van der Waals surface area contributed by atoms with Gasteiger partial charge in [-0.1, -0.05) is 13.0 Å². The van der Waals surface area contributed by atoms with E-state index in [1.54, 1.807) is 6.92 Å². The van der Waals surface area contributed by atoms with Crippen molar-refractivity contribution in [3.63, 3.8) is 0 Å². The number of primary amides is 1. The summed E-state index contributed by atoms with van der Waals surface area (Å²) in [5.74, 6) is -10.9. The first-order valence-corrected chi connectivity index (χ1v) is 13.1. The number of carbonyl (C=O) groups is 4. The maximum atomic E-state index is 14.0. The minimum atomic E-state index is -3.05. The molecule has 2 amide bonds. The molecular weight excluding hydrogens is 569 g/mol. The molecule has 5 rings (SSSR count). The number of nitrogens with two attached hydrogens (primary N) is 1. The van der Waals surface area contributed by atoms with Gasteiger partial charge in [-0.05, 0) is 55.9 Å². The minimum Gasteiger partial charge on any atom is -0.508 e. The molecule has 0 radical (unpaired) electrons. The molecule has 1 saturated carbocycles. The van der Waals surface area contributed by atoms with E-state index in [9.17, 15) is 49.1 Å². The van der Waals surface area contributed by atoms with Crippen molar-refractivity contribution in [3.05, 3.63) is 70.2 Å². The number of amides is 2. The number of hydrogen-bond donors (Lipinski definition) is 7. The molecule has 8 N–H and O–H groups in total. The number of hydrogen-bond acceptors (Lipinski definition) is 11. The lowest BCUT2D eigenvalue weighted by molar-refractivity contribution is -0.169. The minimum absolute atomic E-state index is 0.00690. The molecule has 2 aromatic rings. The Morgan fingerprint density at radius 3 is 2.28 bits per heavy atom. The number of rotatable bonds is 4. The highest BCUT2D eigenvalue weighted by atomic mass is 19.1. The van der Waals surface area contributed by atoms with Gasteiger partial charge in [0.1, 0.15) is 34.4 Å². The molecule has 13 nitrogen and oxygen atoms in total. The van der Waals surface area contributed by atoms with Crippen molar-refractivity contribution in [3.8, 4) is 11.5 Å². The normalized spacial score (nSPS) is 28.3. The quantitative estimate of drug-likeness (QED) is 0.196. The standard InChI is InChI=1S/C29H28FN3O10/c1-10-13-8-9-14(32-28(41)43-12-6-4-11(30)5-7-12)21(34)16(13)22(35)17-15(10)23(36)19-20(33(2)3)24(37)18(27(31)40)26(39)29(19,42)25(17)38/h4-10,15,19-20,23,34-36,39,42H,1-3H3,(H2,31,40)(H,32,41)/t10-,15+,19+,20-,23-,29+/m0/s1. The van der Waals surface area contributed by atoms with Gasteiger partial charge in [-0.25, -0.2) is 9.18 Å². The summed E-state index contributed by atoms with van der Waals surface area (Å²) >= 11 is 0. The van der Waals surface area contributed by atoms with E-state index in [-0.39, 0.29) is 22.6 Å². The van der Waals surface area contributed by atoms with Gasteiger partial charge in [-0.2, -0.15) is 0 Å². The maximum absolute atomic E-state index is 14.0. The molecule has 0 unspecified atom stereocenters. The predicted molar refractivity (Wildman–Crippen MR) is 146 cm³/mol. The summed E-state index contributed by atoms with van der Waals surface area (Å²) < 4.78 is 18.2. The molecule has 1 fully saturated rings. The molecule has 43 heavy (non-hydrogen) atoms. The van der Waals surface area contributed by atoms with Crippen LogP contribution in [-0.4, -0.2) is 85.8 Å². The van der Waals surface area contributed by atoms with Gasteiger partial charge in [-0.15, -0.1) is 0 Å². The van der Waals surface area contributed by atoms with E-state index in [2.05, 4.69) is 5.32 Å². The van der Waals surface area contributed by atoms with Crippen molar-refractivity contribution in [1.29, 1.82) is 0 Å². The number of aliphatic hydroxyl groups is 4. The van der Waals surface area contributed by atoms with E-state index >= 15 is 0 Å². The van der Waals surface area contributed by atoms with Crippen molar-refractivity contribution < 1.29 is 53.8 Å². The molecule has 0 aliphatic heterocycles. The molecule has 3 aliphatic carbocycles. The van der Waals surface area contributed by atoms with Gasteiger partial charge in [0.05, 0.1) is 29.3 Å². The van der Waals surface area contributed by atoms with Crippen molar-refractivity contribution in [2.75, 3.05) is 19.4 Å². The third-order valence-corrected chi connectivity index (χ3v) is 8.39. The zero-order valence-corrected chi connectivity index (χ0v) is 23.0. The number of ether oxygens (including phenoxy) is 1. The number of fused-ring (bicyclic) bond motifs is 3. The van der Waals surface area contributed by atoms with E-state index < -0.39 is 93.3 Å². The molecular formula is C29H28FN3O10. The number of aliphatic hydroxyl groups excluding tert-OH is 3. The van der Waals surface area contributed by atoms with Crippen molar-refractivity contribution >= 4 is 35.0 Å². The molecule has 0 heterocycles. The Balaban J connectivity index is 1.62. The van der Waals surface area contributed by atoms with Crippen LogP contribution in [0.4, 0.5) is 14.9 Å². The number of anilines is 1. The Bertz CT molecular complexity index is 1650. The average Bonchev–Trinajstić information content (AvgIpc) is 2.93. The first-order chi connectivity index (χ1) is 20.1. The Morgan fingerprint density at radius 1 is 1.07 bits per heavy atom. The van der Waals surface area contributed by atoms with Crippen molar-refractivity contribution in [1.82, 2.24) is 4.90 Å². The van der Waals surface area contributed by atoms with E-state index in [1.807, 2.05) is 0 Å². The SMILES string of the molecule is C[C@H]1c2ccc(NC(=O)Oc3ccc(F)cc3)c(O)c2C(O)=C2C(=O)[C@@]3(O)C(O)=C(C(N)=O)C(=O)[C@@H](N(C)C)[C@@H]3[C@@H](O)[C@@H]21. The van der Waals surface area contributed by atoms with Crippen LogP contribution in [0.5, 0.6) is 11.5 Å². The fourth-order valence-corrected chi connectivity index (χ4v) is 6.46. The number of nitrogens with one attached hydrogen (secondary N) is 1. The molecule has 6 atom stereocenters. The molecule has 0 spiro atoms. The topological polar surface area (TPSA) is 220 Å². The monoisotopic (exact) mass is 597 g/mol. The van der Waals surface area contributed by atoms with Crippen LogP contribution in [-0.2, 0) is 14.4 Å². The zero-order valence-electron chi connectivity index (χ0n) is 23.0. The summed E-state index contributed by atoms with van der Waals surface area (Å²) in [4.78, 5) is 53.1. The number of carbonyl (C=O) groups excluding carboxylic acids is 4. The second-order valence-corrected chi connectivity index (χ2v) is 10.9. The van der Waals surface area contributed by atoms with Crippen LogP contribution in [0.15, 0.2) is 53.3 Å². The van der Waals surface area contributed by atoms with Crippen molar-refractivity contribution in [2.45, 2.75) is 30.6 Å². The summed E-state index contributed by atoms with van der Waals surface area (Å²) in [6, 6.07) is 5.79. The van der Waals surface area contributed by atoms with Crippen molar-refractivity contribution in [2.24, 2.45) is 17.6 Å². The smallest absolute Gasteiger partial charge is 0.417 e. The first-order valence-electron chi connectivity index (χ1n) is 13.1. The lowest BCUT2D eigenvalue weighted by atomic mass is 9.54. The number of halogens is 1. The fourth-order valence-electron chi connectivity index (χ4n) is 6.46. The number of nitrogens with zero attached hydrogens (tertiary/aromatic N) is 1. The molecule has 0 bridgehead atoms. The highest BCUT2D eigenvalue weighted by molar-refractivity contribution is 6.24. The molecule has 14 heteroatoms. The number of ketones is 2. The van der Waals surface area contributed by atoms with E-state index in [1.165, 1.54) is 43.3 Å². The van der Waals surface area contributed by atoms with Crippen LogP contribution in [0, 0.1) is 17.7 Å². The summed E-state index contributed by atoms with van der Waals surface area (Å²) in [6.45, 7) is 1.58. The van der Waals surface area contributed by atoms with Crippen LogP contribution in [0.2, 0.25) is 0 Å². The van der Waals surface area contributed by atoms with Gasteiger partial charge in [0.25, 0.3) is 5.91 Å². The van der Waals surface area contributed by atoms with E-state index in [0.717, 1.165) is 12.1 Å². The van der Waals surface area contributed by atoms with Crippen LogP contribution >= 0.6 is 0 Å². The third kappa shape index (κ3) is 4.25. The molecule has 2 aromatic carbocycles. The molecule has 3 aliphatic rings. The summed E-state index contributed by atoms with van der Waals surface area (Å²) in [7, 11) is 2.83. The van der Waals surface area contributed by atoms with Gasteiger partial charge < -0.3 is 36.0 Å². The van der Waals surface area contributed by atoms with Crippen LogP contribution in [0.1, 0.15) is 24.0 Å². The number of likely N-dealkylation sites (N-methyl/N-ethyl adjacent to an activating group) is 1. The van der Waals surface area contributed by atoms with Gasteiger partial charge in [0.2, 0.25) is 5.78 Å². The van der Waals surface area contributed by atoms with Crippen LogP contribution < -0.4 is 15.8 Å². The van der Waals surface area contributed by atoms with Gasteiger partial charge in [-0.3, -0.25) is 24.6 Å². The number of benzene rings is 2. The van der Waals surface area contributed by atoms with Gasteiger partial charge in [0.15, 0.2) is 11.4 Å². The molecule has 226 valence electrons.